The Kier molecular flexibility index (Phi) is 2.96. The maximum atomic E-state index is 5.97. The number of nitrogen functional groups attached to an aromatic ring is 1. The summed E-state index contributed by atoms with van der Waals surface area (Å²) in [6.07, 6.45) is 1.72. The van der Waals surface area contributed by atoms with E-state index in [1.165, 1.54) is 0 Å². The summed E-state index contributed by atoms with van der Waals surface area (Å²) in [7, 11) is 0. The summed E-state index contributed by atoms with van der Waals surface area (Å²) in [6.45, 7) is 4.17. The highest BCUT2D eigenvalue weighted by Crippen LogP contribution is 2.28. The molecule has 5 heteroatoms. The number of anilines is 1. The van der Waals surface area contributed by atoms with E-state index in [1.807, 2.05) is 22.8 Å². The Balaban J connectivity index is 2.54. The molecule has 0 aliphatic heterocycles. The van der Waals surface area contributed by atoms with E-state index in [1.54, 1.807) is 6.33 Å². The van der Waals surface area contributed by atoms with Gasteiger partial charge in [0.05, 0.1) is 0 Å². The van der Waals surface area contributed by atoms with E-state index in [-0.39, 0.29) is 0 Å². The van der Waals surface area contributed by atoms with Gasteiger partial charge in [0.25, 0.3) is 0 Å². The van der Waals surface area contributed by atoms with Crippen LogP contribution in [0.2, 0.25) is 0 Å². The second kappa shape index (κ2) is 4.25. The van der Waals surface area contributed by atoms with Crippen LogP contribution in [0.25, 0.3) is 11.4 Å². The van der Waals surface area contributed by atoms with E-state index < -0.39 is 0 Å². The smallest absolute Gasteiger partial charge is 0.166 e. The van der Waals surface area contributed by atoms with Crippen molar-refractivity contribution in [3.8, 4) is 11.4 Å². The Labute approximate surface area is 103 Å². The number of hydrogen-bond donors (Lipinski definition) is 1. The molecule has 0 fully saturated rings. The number of nitrogens with zero attached hydrogens (tertiary/aromatic N) is 3. The van der Waals surface area contributed by atoms with Crippen LogP contribution in [-0.2, 0) is 0 Å². The van der Waals surface area contributed by atoms with Crippen LogP contribution in [0.1, 0.15) is 19.9 Å². The molecule has 2 aromatic rings. The van der Waals surface area contributed by atoms with Gasteiger partial charge in [0.15, 0.2) is 5.82 Å². The Hall–Kier alpha value is -1.36. The maximum absolute atomic E-state index is 5.97. The van der Waals surface area contributed by atoms with Gasteiger partial charge in [-0.15, -0.1) is 10.2 Å². The van der Waals surface area contributed by atoms with Gasteiger partial charge in [-0.05, 0) is 32.0 Å². The van der Waals surface area contributed by atoms with E-state index in [2.05, 4.69) is 40.0 Å². The van der Waals surface area contributed by atoms with E-state index in [0.717, 1.165) is 15.9 Å². The van der Waals surface area contributed by atoms with E-state index in [9.17, 15) is 0 Å². The lowest BCUT2D eigenvalue weighted by atomic mass is 10.1. The van der Waals surface area contributed by atoms with Gasteiger partial charge in [-0.3, -0.25) is 0 Å². The second-order valence-electron chi connectivity index (χ2n) is 3.89. The molecule has 0 atom stereocenters. The first-order valence-corrected chi connectivity index (χ1v) is 5.84. The zero-order valence-electron chi connectivity index (χ0n) is 9.18. The minimum atomic E-state index is 0.313. The van der Waals surface area contributed by atoms with Crippen LogP contribution < -0.4 is 5.73 Å². The molecule has 0 radical (unpaired) electrons. The summed E-state index contributed by atoms with van der Waals surface area (Å²) in [6, 6.07) is 6.08. The fourth-order valence-electron chi connectivity index (χ4n) is 1.55. The molecule has 4 nitrogen and oxygen atoms in total. The van der Waals surface area contributed by atoms with E-state index in [4.69, 9.17) is 5.73 Å². The van der Waals surface area contributed by atoms with E-state index >= 15 is 0 Å². The molecule has 2 rings (SSSR count). The lowest BCUT2D eigenvalue weighted by Crippen LogP contribution is -2.03. The zero-order valence-corrected chi connectivity index (χ0v) is 10.8. The molecule has 1 heterocycles. The quantitative estimate of drug-likeness (QED) is 0.861. The third kappa shape index (κ3) is 1.95. The molecule has 0 aliphatic rings. The molecular weight excluding hydrogens is 268 g/mol. The number of rotatable bonds is 2. The molecule has 0 bridgehead atoms. The van der Waals surface area contributed by atoms with Crippen LogP contribution in [0.5, 0.6) is 0 Å². The molecule has 0 saturated carbocycles. The van der Waals surface area contributed by atoms with Crippen molar-refractivity contribution in [1.29, 1.82) is 0 Å². The molecular formula is C11H13BrN4. The minimum absolute atomic E-state index is 0.313. The number of benzene rings is 1. The number of hydrogen-bond acceptors (Lipinski definition) is 3. The maximum Gasteiger partial charge on any atom is 0.166 e. The predicted molar refractivity (Wildman–Crippen MR) is 68.0 cm³/mol. The molecule has 16 heavy (non-hydrogen) atoms. The van der Waals surface area contributed by atoms with Crippen molar-refractivity contribution in [2.45, 2.75) is 19.9 Å². The summed E-state index contributed by atoms with van der Waals surface area (Å²) in [5.41, 5.74) is 7.58. The highest BCUT2D eigenvalue weighted by atomic mass is 79.9. The lowest BCUT2D eigenvalue weighted by molar-refractivity contribution is 0.604. The van der Waals surface area contributed by atoms with Crippen molar-refractivity contribution in [3.05, 3.63) is 29.0 Å². The molecule has 1 aromatic heterocycles. The minimum Gasteiger partial charge on any atom is -0.398 e. The average molecular weight is 281 g/mol. The van der Waals surface area contributed by atoms with Crippen molar-refractivity contribution >= 4 is 21.6 Å². The second-order valence-corrected chi connectivity index (χ2v) is 4.80. The molecule has 0 saturated heterocycles. The molecule has 0 amide bonds. The lowest BCUT2D eigenvalue weighted by Gasteiger charge is -2.11. The first-order valence-electron chi connectivity index (χ1n) is 5.04. The van der Waals surface area contributed by atoms with Crippen LogP contribution in [-0.4, -0.2) is 14.8 Å². The Morgan fingerprint density at radius 2 is 2.12 bits per heavy atom. The summed E-state index contributed by atoms with van der Waals surface area (Å²) in [5, 5.41) is 8.04. The Morgan fingerprint density at radius 3 is 2.75 bits per heavy atom. The molecule has 84 valence electrons. The average Bonchev–Trinajstić information content (AvgIpc) is 2.66. The first kappa shape index (κ1) is 11.1. The van der Waals surface area contributed by atoms with E-state index in [0.29, 0.717) is 11.7 Å². The van der Waals surface area contributed by atoms with Gasteiger partial charge in [0.1, 0.15) is 6.33 Å². The topological polar surface area (TPSA) is 56.7 Å². The van der Waals surface area contributed by atoms with Crippen molar-refractivity contribution in [2.75, 3.05) is 5.73 Å². The van der Waals surface area contributed by atoms with Gasteiger partial charge < -0.3 is 10.3 Å². The van der Waals surface area contributed by atoms with Crippen molar-refractivity contribution in [2.24, 2.45) is 0 Å². The molecule has 2 N–H and O–H groups in total. The van der Waals surface area contributed by atoms with Crippen LogP contribution in [0.15, 0.2) is 29.0 Å². The van der Waals surface area contributed by atoms with Crippen LogP contribution in [0, 0.1) is 0 Å². The number of halogens is 1. The summed E-state index contributed by atoms with van der Waals surface area (Å²) in [5.74, 6) is 0.806. The van der Waals surface area contributed by atoms with Gasteiger partial charge in [-0.25, -0.2) is 0 Å². The molecule has 0 spiro atoms. The van der Waals surface area contributed by atoms with Gasteiger partial charge >= 0.3 is 0 Å². The van der Waals surface area contributed by atoms with Crippen LogP contribution >= 0.6 is 15.9 Å². The largest absolute Gasteiger partial charge is 0.398 e. The van der Waals surface area contributed by atoms with Gasteiger partial charge in [-0.1, -0.05) is 15.9 Å². The highest BCUT2D eigenvalue weighted by Gasteiger charge is 2.12. The monoisotopic (exact) mass is 280 g/mol. The fourth-order valence-corrected chi connectivity index (χ4v) is 1.93. The van der Waals surface area contributed by atoms with Gasteiger partial charge in [0, 0.05) is 21.8 Å². The number of nitrogens with two attached hydrogens (primary N) is 1. The molecule has 0 unspecified atom stereocenters. The molecule has 1 aromatic carbocycles. The van der Waals surface area contributed by atoms with Crippen molar-refractivity contribution < 1.29 is 0 Å². The fraction of sp³-hybridized carbons (Fsp3) is 0.273. The Bertz CT molecular complexity index is 504. The normalized spacial score (nSPS) is 11.0. The van der Waals surface area contributed by atoms with Crippen molar-refractivity contribution in [3.63, 3.8) is 0 Å². The van der Waals surface area contributed by atoms with Gasteiger partial charge in [0.2, 0.25) is 0 Å². The van der Waals surface area contributed by atoms with Crippen LogP contribution in [0.4, 0.5) is 5.69 Å². The third-order valence-electron chi connectivity index (χ3n) is 2.38. The zero-order chi connectivity index (χ0) is 11.7. The van der Waals surface area contributed by atoms with Gasteiger partial charge in [-0.2, -0.15) is 0 Å². The Morgan fingerprint density at radius 1 is 1.38 bits per heavy atom. The highest BCUT2D eigenvalue weighted by molar-refractivity contribution is 9.10. The summed E-state index contributed by atoms with van der Waals surface area (Å²) in [4.78, 5) is 0. The van der Waals surface area contributed by atoms with Crippen molar-refractivity contribution in [1.82, 2.24) is 14.8 Å². The molecule has 0 aliphatic carbocycles. The summed E-state index contributed by atoms with van der Waals surface area (Å²) >= 11 is 3.38. The third-order valence-corrected chi connectivity index (χ3v) is 2.88. The predicted octanol–water partition coefficient (Wildman–Crippen LogP) is 2.87. The number of aromatic nitrogens is 3. The van der Waals surface area contributed by atoms with Crippen LogP contribution in [0.3, 0.4) is 0 Å². The standard InChI is InChI=1S/C11H13BrN4/c1-7(2)16-6-14-15-11(16)9-4-3-8(12)5-10(9)13/h3-7H,13H2,1-2H3. The summed E-state index contributed by atoms with van der Waals surface area (Å²) < 4.78 is 2.96. The SMILES string of the molecule is CC(C)n1cnnc1-c1ccc(Br)cc1N. The first-order chi connectivity index (χ1) is 7.59.